The van der Waals surface area contributed by atoms with E-state index in [4.69, 9.17) is 0 Å². The van der Waals surface area contributed by atoms with E-state index in [9.17, 15) is 14.7 Å². The van der Waals surface area contributed by atoms with Crippen molar-refractivity contribution >= 4 is 22.8 Å². The van der Waals surface area contributed by atoms with Crippen molar-refractivity contribution in [2.24, 2.45) is 5.92 Å². The molecule has 134 valence electrons. The number of carboxylic acid groups (broad SMARTS) is 1. The second-order valence-corrected chi connectivity index (χ2v) is 6.62. The first kappa shape index (κ1) is 17.7. The molecule has 0 atom stereocenters. The molecular weight excluding hydrogens is 330 g/mol. The number of amides is 1. The van der Waals surface area contributed by atoms with E-state index in [0.29, 0.717) is 28.8 Å². The number of carbonyl (C=O) groups is 1. The van der Waals surface area contributed by atoms with Crippen molar-refractivity contribution in [1.82, 2.24) is 9.55 Å². The molecule has 3 aromatic rings. The van der Waals surface area contributed by atoms with Crippen LogP contribution in [0.25, 0.3) is 22.0 Å². The fourth-order valence-corrected chi connectivity index (χ4v) is 3.12. The average molecular weight is 351 g/mol. The molecule has 26 heavy (non-hydrogen) atoms. The van der Waals surface area contributed by atoms with E-state index in [2.05, 4.69) is 4.98 Å². The lowest BCUT2D eigenvalue weighted by atomic mass is 10.0. The van der Waals surface area contributed by atoms with Crippen molar-refractivity contribution in [2.75, 3.05) is 11.9 Å². The third-order valence-electron chi connectivity index (χ3n) is 4.22. The molecule has 1 N–H and O–H groups in total. The van der Waals surface area contributed by atoms with Crippen LogP contribution >= 0.6 is 0 Å². The Balaban J connectivity index is 2.52. The fourth-order valence-electron chi connectivity index (χ4n) is 3.12. The number of anilines is 1. The summed E-state index contributed by atoms with van der Waals surface area (Å²) in [4.78, 5) is 30.2. The topological polar surface area (TPSA) is 75.4 Å². The first-order chi connectivity index (χ1) is 12.4. The Hall–Kier alpha value is -3.15. The summed E-state index contributed by atoms with van der Waals surface area (Å²) in [5.74, 6) is 0.529. The molecule has 0 aliphatic heterocycles. The summed E-state index contributed by atoms with van der Waals surface area (Å²) in [5.41, 5.74) is 1.59. The van der Waals surface area contributed by atoms with Crippen molar-refractivity contribution in [1.29, 1.82) is 0 Å². The SMILES string of the molecule is CC(C)Cn1c(N(C)C(=O)O)c(-c2ccccc2)c2cccnc2c1=O. The van der Waals surface area contributed by atoms with Gasteiger partial charge in [-0.2, -0.15) is 0 Å². The van der Waals surface area contributed by atoms with Gasteiger partial charge in [-0.3, -0.25) is 19.2 Å². The monoisotopic (exact) mass is 351 g/mol. The molecule has 0 radical (unpaired) electrons. The van der Waals surface area contributed by atoms with Gasteiger partial charge in [0, 0.05) is 30.7 Å². The molecule has 0 aliphatic carbocycles. The van der Waals surface area contributed by atoms with Gasteiger partial charge in [0.2, 0.25) is 0 Å². The summed E-state index contributed by atoms with van der Waals surface area (Å²) >= 11 is 0. The molecule has 6 nitrogen and oxygen atoms in total. The molecule has 0 bridgehead atoms. The first-order valence-electron chi connectivity index (χ1n) is 8.45. The summed E-state index contributed by atoms with van der Waals surface area (Å²) < 4.78 is 1.52. The number of rotatable bonds is 4. The van der Waals surface area contributed by atoms with Gasteiger partial charge in [-0.15, -0.1) is 0 Å². The largest absolute Gasteiger partial charge is 0.465 e. The van der Waals surface area contributed by atoms with Gasteiger partial charge in [-0.25, -0.2) is 4.79 Å². The number of pyridine rings is 2. The molecule has 0 aliphatic rings. The predicted molar refractivity (Wildman–Crippen MR) is 103 cm³/mol. The highest BCUT2D eigenvalue weighted by molar-refractivity contribution is 6.03. The maximum Gasteiger partial charge on any atom is 0.412 e. The van der Waals surface area contributed by atoms with Gasteiger partial charge < -0.3 is 5.11 Å². The van der Waals surface area contributed by atoms with Gasteiger partial charge >= 0.3 is 6.09 Å². The van der Waals surface area contributed by atoms with Crippen LogP contribution < -0.4 is 10.5 Å². The van der Waals surface area contributed by atoms with Gasteiger partial charge in [-0.05, 0) is 17.5 Å². The zero-order valence-electron chi connectivity index (χ0n) is 15.0. The van der Waals surface area contributed by atoms with Gasteiger partial charge in [-0.1, -0.05) is 50.2 Å². The number of nitrogens with zero attached hydrogens (tertiary/aromatic N) is 3. The second kappa shape index (κ2) is 7.00. The van der Waals surface area contributed by atoms with Crippen LogP contribution in [0, 0.1) is 5.92 Å². The van der Waals surface area contributed by atoms with Crippen molar-refractivity contribution in [2.45, 2.75) is 20.4 Å². The Labute approximate surface area is 151 Å². The predicted octanol–water partition coefficient (Wildman–Crippen LogP) is 3.83. The van der Waals surface area contributed by atoms with Gasteiger partial charge in [0.1, 0.15) is 11.3 Å². The summed E-state index contributed by atoms with van der Waals surface area (Å²) in [7, 11) is 1.46. The lowest BCUT2D eigenvalue weighted by molar-refractivity contribution is 0.203. The Morgan fingerprint density at radius 3 is 2.50 bits per heavy atom. The molecule has 3 rings (SSSR count). The molecule has 1 aromatic carbocycles. The minimum atomic E-state index is -1.12. The van der Waals surface area contributed by atoms with Crippen LogP contribution in [0.5, 0.6) is 0 Å². The molecular formula is C20H21N3O3. The van der Waals surface area contributed by atoms with Crippen molar-refractivity contribution < 1.29 is 9.90 Å². The highest BCUT2D eigenvalue weighted by Gasteiger charge is 2.24. The molecule has 0 fully saturated rings. The highest BCUT2D eigenvalue weighted by atomic mass is 16.4. The Morgan fingerprint density at radius 2 is 1.88 bits per heavy atom. The lowest BCUT2D eigenvalue weighted by Gasteiger charge is -2.25. The number of hydrogen-bond acceptors (Lipinski definition) is 3. The third kappa shape index (κ3) is 3.06. The van der Waals surface area contributed by atoms with Crippen LogP contribution in [0.2, 0.25) is 0 Å². The molecule has 2 heterocycles. The maximum absolute atomic E-state index is 13.1. The second-order valence-electron chi connectivity index (χ2n) is 6.62. The van der Waals surface area contributed by atoms with Gasteiger partial charge in [0.25, 0.3) is 5.56 Å². The summed E-state index contributed by atoms with van der Waals surface area (Å²) in [6.45, 7) is 4.38. The Bertz CT molecular complexity index is 1010. The molecule has 0 unspecified atom stereocenters. The Morgan fingerprint density at radius 1 is 1.19 bits per heavy atom. The maximum atomic E-state index is 13.1. The minimum Gasteiger partial charge on any atom is -0.465 e. The van der Waals surface area contributed by atoms with Crippen LogP contribution in [0.3, 0.4) is 0 Å². The zero-order valence-corrected chi connectivity index (χ0v) is 15.0. The van der Waals surface area contributed by atoms with Gasteiger partial charge in [0.05, 0.1) is 0 Å². The highest BCUT2D eigenvalue weighted by Crippen LogP contribution is 2.35. The number of aromatic nitrogens is 2. The molecule has 2 aromatic heterocycles. The molecule has 0 saturated carbocycles. The van der Waals surface area contributed by atoms with E-state index in [1.54, 1.807) is 12.3 Å². The van der Waals surface area contributed by atoms with Crippen molar-refractivity contribution in [3.63, 3.8) is 0 Å². The lowest BCUT2D eigenvalue weighted by Crippen LogP contribution is -2.34. The molecule has 0 saturated heterocycles. The standard InChI is InChI=1S/C20H21N3O3/c1-13(2)12-23-18(22(3)20(25)26)16(14-8-5-4-6-9-14)15-10-7-11-21-17(15)19(23)24/h4-11,13H,12H2,1-3H3,(H,25,26). The third-order valence-corrected chi connectivity index (χ3v) is 4.22. The molecule has 1 amide bonds. The fraction of sp³-hybridized carbons (Fsp3) is 0.250. The van der Waals surface area contributed by atoms with E-state index in [-0.39, 0.29) is 11.5 Å². The summed E-state index contributed by atoms with van der Waals surface area (Å²) in [6, 6.07) is 13.1. The van der Waals surface area contributed by atoms with Crippen LogP contribution in [-0.4, -0.2) is 27.8 Å². The number of fused-ring (bicyclic) bond motifs is 1. The zero-order chi connectivity index (χ0) is 18.8. The van der Waals surface area contributed by atoms with E-state index in [1.807, 2.05) is 50.2 Å². The summed E-state index contributed by atoms with van der Waals surface area (Å²) in [6.07, 6.45) is 0.459. The molecule has 0 spiro atoms. The smallest absolute Gasteiger partial charge is 0.412 e. The van der Waals surface area contributed by atoms with E-state index in [1.165, 1.54) is 11.6 Å². The number of hydrogen-bond donors (Lipinski definition) is 1. The van der Waals surface area contributed by atoms with Crippen LogP contribution in [0.1, 0.15) is 13.8 Å². The van der Waals surface area contributed by atoms with Crippen molar-refractivity contribution in [3.05, 3.63) is 59.0 Å². The van der Waals surface area contributed by atoms with Crippen molar-refractivity contribution in [3.8, 4) is 11.1 Å². The first-order valence-corrected chi connectivity index (χ1v) is 8.45. The molecule has 6 heteroatoms. The number of benzene rings is 1. The van der Waals surface area contributed by atoms with Crippen LogP contribution in [0.4, 0.5) is 10.6 Å². The van der Waals surface area contributed by atoms with E-state index >= 15 is 0 Å². The van der Waals surface area contributed by atoms with E-state index < -0.39 is 6.09 Å². The minimum absolute atomic E-state index is 0.165. The normalized spacial score (nSPS) is 11.1. The summed E-state index contributed by atoms with van der Waals surface area (Å²) in [5, 5.41) is 10.3. The van der Waals surface area contributed by atoms with E-state index in [0.717, 1.165) is 10.5 Å². The quantitative estimate of drug-likeness (QED) is 0.775. The van der Waals surface area contributed by atoms with Gasteiger partial charge in [0.15, 0.2) is 0 Å². The van der Waals surface area contributed by atoms with Crippen LogP contribution in [0.15, 0.2) is 53.5 Å². The van der Waals surface area contributed by atoms with Crippen LogP contribution in [-0.2, 0) is 6.54 Å². The average Bonchev–Trinajstić information content (AvgIpc) is 2.63. The Kier molecular flexibility index (Phi) is 4.75.